The minimum absolute atomic E-state index is 0.00458. The molecule has 0 saturated carbocycles. The van der Waals surface area contributed by atoms with Gasteiger partial charge < -0.3 is 20.3 Å². The molecule has 1 heterocycles. The van der Waals surface area contributed by atoms with Gasteiger partial charge in [-0.3, -0.25) is 0 Å². The number of alkyl halides is 1. The highest BCUT2D eigenvalue weighted by Gasteiger charge is 2.47. The summed E-state index contributed by atoms with van der Waals surface area (Å²) in [7, 11) is 0. The van der Waals surface area contributed by atoms with Crippen LogP contribution in [0.4, 0.5) is 13.2 Å². The molecule has 4 nitrogen and oxygen atoms in total. The molecular formula is C21H24F3NO3. The first-order valence-corrected chi connectivity index (χ1v) is 9.15. The number of halogens is 3. The first-order chi connectivity index (χ1) is 13.4. The number of nitrogens with two attached hydrogens (primary N) is 1. The highest BCUT2D eigenvalue weighted by Crippen LogP contribution is 2.39. The number of aliphatic hydroxyl groups excluding tert-OH is 1. The number of benzene rings is 2. The van der Waals surface area contributed by atoms with E-state index in [1.54, 1.807) is 0 Å². The first kappa shape index (κ1) is 20.8. The van der Waals surface area contributed by atoms with Crippen LogP contribution >= 0.6 is 0 Å². The zero-order valence-corrected chi connectivity index (χ0v) is 15.4. The topological polar surface area (TPSA) is 64.7 Å². The Bertz CT molecular complexity index is 777. The maximum Gasteiger partial charge on any atom is 0.131 e. The maximum atomic E-state index is 14.3. The van der Waals surface area contributed by atoms with Crippen molar-refractivity contribution in [3.8, 4) is 0 Å². The molecule has 3 N–H and O–H groups in total. The number of hydrogen-bond acceptors (Lipinski definition) is 4. The van der Waals surface area contributed by atoms with Crippen LogP contribution in [0.25, 0.3) is 0 Å². The molecule has 4 atom stereocenters. The van der Waals surface area contributed by atoms with Gasteiger partial charge in [0.15, 0.2) is 0 Å². The molecule has 0 bridgehead atoms. The zero-order valence-electron chi connectivity index (χ0n) is 15.4. The van der Waals surface area contributed by atoms with Crippen molar-refractivity contribution in [2.24, 2.45) is 11.7 Å². The van der Waals surface area contributed by atoms with Crippen LogP contribution in [-0.2, 0) is 21.6 Å². The molecule has 1 aliphatic heterocycles. The molecule has 1 aliphatic rings. The van der Waals surface area contributed by atoms with E-state index in [9.17, 15) is 18.3 Å². The summed E-state index contributed by atoms with van der Waals surface area (Å²) in [4.78, 5) is 0. The molecular weight excluding hydrogens is 371 g/mol. The van der Waals surface area contributed by atoms with Crippen molar-refractivity contribution < 1.29 is 27.8 Å². The lowest BCUT2D eigenvalue weighted by atomic mass is 9.72. The normalized spacial score (nSPS) is 26.2. The molecule has 4 unspecified atom stereocenters. The van der Waals surface area contributed by atoms with E-state index in [-0.39, 0.29) is 25.2 Å². The van der Waals surface area contributed by atoms with Gasteiger partial charge in [0, 0.05) is 17.5 Å². The van der Waals surface area contributed by atoms with Gasteiger partial charge in [0.2, 0.25) is 0 Å². The minimum Gasteiger partial charge on any atom is -0.390 e. The summed E-state index contributed by atoms with van der Waals surface area (Å²) in [6.07, 6.45) is -1.63. The second-order valence-electron chi connectivity index (χ2n) is 7.16. The summed E-state index contributed by atoms with van der Waals surface area (Å²) in [6.45, 7) is -0.551. The van der Waals surface area contributed by atoms with Gasteiger partial charge >= 0.3 is 0 Å². The monoisotopic (exact) mass is 395 g/mol. The number of rotatable bonds is 7. The van der Waals surface area contributed by atoms with E-state index in [0.717, 1.165) is 17.7 Å². The quantitative estimate of drug-likeness (QED) is 0.756. The minimum atomic E-state index is -1.47. The summed E-state index contributed by atoms with van der Waals surface area (Å²) in [6, 6.07) is 12.6. The van der Waals surface area contributed by atoms with E-state index in [2.05, 4.69) is 0 Å². The van der Waals surface area contributed by atoms with E-state index in [0.29, 0.717) is 6.61 Å². The Morgan fingerprint density at radius 2 is 1.96 bits per heavy atom. The van der Waals surface area contributed by atoms with Gasteiger partial charge in [-0.15, -0.1) is 0 Å². The van der Waals surface area contributed by atoms with Crippen LogP contribution in [0.15, 0.2) is 48.5 Å². The Morgan fingerprint density at radius 1 is 1.21 bits per heavy atom. The lowest BCUT2D eigenvalue weighted by Crippen LogP contribution is -2.58. The van der Waals surface area contributed by atoms with Crippen molar-refractivity contribution in [2.75, 3.05) is 19.9 Å². The molecule has 0 radical (unpaired) electrons. The molecule has 7 heteroatoms. The average molecular weight is 395 g/mol. The predicted molar refractivity (Wildman–Crippen MR) is 98.2 cm³/mol. The van der Waals surface area contributed by atoms with Crippen molar-refractivity contribution in [2.45, 2.75) is 30.8 Å². The van der Waals surface area contributed by atoms with Gasteiger partial charge in [-0.05, 0) is 18.1 Å². The van der Waals surface area contributed by atoms with Crippen molar-refractivity contribution >= 4 is 0 Å². The van der Waals surface area contributed by atoms with E-state index < -0.39 is 42.0 Å². The Labute approximate surface area is 162 Å². The van der Waals surface area contributed by atoms with Crippen LogP contribution in [0.3, 0.4) is 0 Å². The Hall–Kier alpha value is -1.93. The summed E-state index contributed by atoms with van der Waals surface area (Å²) in [5.74, 6) is -2.39. The summed E-state index contributed by atoms with van der Waals surface area (Å²) < 4.78 is 52.3. The van der Waals surface area contributed by atoms with Crippen LogP contribution in [0.2, 0.25) is 0 Å². The zero-order chi connectivity index (χ0) is 20.1. The van der Waals surface area contributed by atoms with Gasteiger partial charge in [-0.25, -0.2) is 13.2 Å². The van der Waals surface area contributed by atoms with Crippen LogP contribution in [0, 0.1) is 17.6 Å². The molecule has 0 amide bonds. The third kappa shape index (κ3) is 4.55. The molecule has 2 aromatic rings. The fourth-order valence-electron chi connectivity index (χ4n) is 3.68. The second kappa shape index (κ2) is 9.05. The number of aliphatic hydroxyl groups is 1. The van der Waals surface area contributed by atoms with Gasteiger partial charge in [0.1, 0.15) is 18.3 Å². The molecule has 152 valence electrons. The Kier molecular flexibility index (Phi) is 6.72. The smallest absolute Gasteiger partial charge is 0.131 e. The molecule has 1 saturated heterocycles. The second-order valence-corrected chi connectivity index (χ2v) is 7.16. The van der Waals surface area contributed by atoms with Crippen LogP contribution in [-0.4, -0.2) is 37.2 Å². The van der Waals surface area contributed by atoms with Crippen molar-refractivity contribution in [3.05, 3.63) is 71.3 Å². The predicted octanol–water partition coefficient (Wildman–Crippen LogP) is 3.07. The third-order valence-corrected chi connectivity index (χ3v) is 5.21. The fraction of sp³-hybridized carbons (Fsp3) is 0.429. The van der Waals surface area contributed by atoms with E-state index >= 15 is 0 Å². The third-order valence-electron chi connectivity index (χ3n) is 5.21. The van der Waals surface area contributed by atoms with E-state index in [4.69, 9.17) is 15.2 Å². The Balaban J connectivity index is 1.71. The summed E-state index contributed by atoms with van der Waals surface area (Å²) in [5, 5.41) is 10.2. The first-order valence-electron chi connectivity index (χ1n) is 9.15. The van der Waals surface area contributed by atoms with Crippen molar-refractivity contribution in [3.63, 3.8) is 0 Å². The molecule has 0 spiro atoms. The number of ether oxygens (including phenoxy) is 2. The maximum absolute atomic E-state index is 14.3. The van der Waals surface area contributed by atoms with Crippen molar-refractivity contribution in [1.82, 2.24) is 0 Å². The summed E-state index contributed by atoms with van der Waals surface area (Å²) >= 11 is 0. The van der Waals surface area contributed by atoms with Crippen LogP contribution in [0.1, 0.15) is 17.5 Å². The summed E-state index contributed by atoms with van der Waals surface area (Å²) in [5.41, 5.74) is 5.90. The van der Waals surface area contributed by atoms with Gasteiger partial charge in [0.05, 0.1) is 37.6 Å². The van der Waals surface area contributed by atoms with E-state index in [1.807, 2.05) is 30.3 Å². The molecule has 3 rings (SSSR count). The molecule has 1 fully saturated rings. The lowest BCUT2D eigenvalue weighted by molar-refractivity contribution is -0.124. The SMILES string of the molecule is NC1(c2ccc(F)cc2F)COC(COCc2ccccc2)CC1C(O)CF. The standard InChI is InChI=1S/C21H24F3NO3/c22-10-20(26)18-9-16(12-27-11-14-4-2-1-3-5-14)28-13-21(18,25)17-7-6-15(23)8-19(17)24/h1-8,16,18,20,26H,9-13,25H2. The van der Waals surface area contributed by atoms with Crippen LogP contribution < -0.4 is 5.73 Å². The van der Waals surface area contributed by atoms with Gasteiger partial charge in [-0.1, -0.05) is 36.4 Å². The van der Waals surface area contributed by atoms with Gasteiger partial charge in [0.25, 0.3) is 0 Å². The van der Waals surface area contributed by atoms with E-state index in [1.165, 1.54) is 6.07 Å². The largest absolute Gasteiger partial charge is 0.390 e. The van der Waals surface area contributed by atoms with Crippen LogP contribution in [0.5, 0.6) is 0 Å². The Morgan fingerprint density at radius 3 is 2.64 bits per heavy atom. The molecule has 2 aromatic carbocycles. The average Bonchev–Trinajstić information content (AvgIpc) is 2.69. The molecule has 0 aromatic heterocycles. The molecule has 28 heavy (non-hydrogen) atoms. The molecule has 0 aliphatic carbocycles. The van der Waals surface area contributed by atoms with Gasteiger partial charge in [-0.2, -0.15) is 0 Å². The fourth-order valence-corrected chi connectivity index (χ4v) is 3.68. The number of hydrogen-bond donors (Lipinski definition) is 2. The highest BCUT2D eigenvalue weighted by molar-refractivity contribution is 5.29. The lowest BCUT2D eigenvalue weighted by Gasteiger charge is -2.45. The van der Waals surface area contributed by atoms with Crippen molar-refractivity contribution in [1.29, 1.82) is 0 Å². The highest BCUT2D eigenvalue weighted by atomic mass is 19.1.